The number of amides is 1. The van der Waals surface area contributed by atoms with Crippen LogP contribution in [0.1, 0.15) is 24.5 Å². The summed E-state index contributed by atoms with van der Waals surface area (Å²) in [6, 6.07) is 15.1. The van der Waals surface area contributed by atoms with Gasteiger partial charge in [-0.15, -0.1) is 0 Å². The Kier molecular flexibility index (Phi) is 4.74. The summed E-state index contributed by atoms with van der Waals surface area (Å²) in [7, 11) is 0. The van der Waals surface area contributed by atoms with Gasteiger partial charge in [-0.05, 0) is 25.0 Å². The van der Waals surface area contributed by atoms with E-state index >= 15 is 0 Å². The third-order valence-electron chi connectivity index (χ3n) is 4.05. The van der Waals surface area contributed by atoms with Crippen LogP contribution in [0, 0.1) is 10.1 Å². The lowest BCUT2D eigenvalue weighted by Crippen LogP contribution is -2.35. The van der Waals surface area contributed by atoms with E-state index in [0.717, 1.165) is 31.5 Å². The SMILES string of the molecule is O=C(C(Oc1ccc([N+](=O)[O-])cc1)c1ccccc1)N1CCCC1. The third kappa shape index (κ3) is 3.53. The van der Waals surface area contributed by atoms with Gasteiger partial charge in [0, 0.05) is 30.8 Å². The number of nitro groups is 1. The molecule has 0 radical (unpaired) electrons. The lowest BCUT2D eigenvalue weighted by atomic mass is 10.1. The van der Waals surface area contributed by atoms with Crippen molar-refractivity contribution in [3.05, 3.63) is 70.3 Å². The second kappa shape index (κ2) is 7.12. The van der Waals surface area contributed by atoms with Crippen molar-refractivity contribution in [1.29, 1.82) is 0 Å². The first kappa shape index (κ1) is 16.0. The summed E-state index contributed by atoms with van der Waals surface area (Å²) in [5.41, 5.74) is 0.761. The highest BCUT2D eigenvalue weighted by molar-refractivity contribution is 5.83. The molecule has 0 spiro atoms. The van der Waals surface area contributed by atoms with E-state index in [4.69, 9.17) is 4.74 Å². The molecule has 3 rings (SSSR count). The predicted octanol–water partition coefficient (Wildman–Crippen LogP) is 3.34. The second-order valence-electron chi connectivity index (χ2n) is 5.69. The highest BCUT2D eigenvalue weighted by Crippen LogP contribution is 2.27. The number of nitro benzene ring substituents is 1. The van der Waals surface area contributed by atoms with Crippen LogP contribution >= 0.6 is 0 Å². The van der Waals surface area contributed by atoms with E-state index in [-0.39, 0.29) is 11.6 Å². The van der Waals surface area contributed by atoms with Gasteiger partial charge in [-0.25, -0.2) is 0 Å². The summed E-state index contributed by atoms with van der Waals surface area (Å²) in [6.45, 7) is 1.48. The molecule has 0 aromatic heterocycles. The summed E-state index contributed by atoms with van der Waals surface area (Å²) >= 11 is 0. The number of rotatable bonds is 5. The molecule has 124 valence electrons. The molecule has 24 heavy (non-hydrogen) atoms. The van der Waals surface area contributed by atoms with E-state index < -0.39 is 11.0 Å². The van der Waals surface area contributed by atoms with E-state index in [9.17, 15) is 14.9 Å². The van der Waals surface area contributed by atoms with Crippen LogP contribution in [0.2, 0.25) is 0 Å². The molecule has 1 atom stereocenters. The fourth-order valence-corrected chi connectivity index (χ4v) is 2.77. The van der Waals surface area contributed by atoms with E-state index in [1.165, 1.54) is 24.3 Å². The molecule has 2 aromatic carbocycles. The lowest BCUT2D eigenvalue weighted by molar-refractivity contribution is -0.384. The van der Waals surface area contributed by atoms with Crippen molar-refractivity contribution in [2.24, 2.45) is 0 Å². The highest BCUT2D eigenvalue weighted by Gasteiger charge is 2.29. The van der Waals surface area contributed by atoms with Crippen molar-refractivity contribution in [2.75, 3.05) is 13.1 Å². The number of non-ortho nitro benzene ring substituents is 1. The molecule has 2 aromatic rings. The summed E-state index contributed by atoms with van der Waals surface area (Å²) in [5, 5.41) is 10.7. The number of nitrogens with zero attached hydrogens (tertiary/aromatic N) is 2. The van der Waals surface area contributed by atoms with Crippen LogP contribution in [-0.2, 0) is 4.79 Å². The van der Waals surface area contributed by atoms with Crippen LogP contribution in [-0.4, -0.2) is 28.8 Å². The van der Waals surface area contributed by atoms with Gasteiger partial charge in [-0.3, -0.25) is 14.9 Å². The Morgan fingerprint density at radius 2 is 1.67 bits per heavy atom. The largest absolute Gasteiger partial charge is 0.476 e. The van der Waals surface area contributed by atoms with Crippen LogP contribution in [0.15, 0.2) is 54.6 Å². The molecule has 1 aliphatic rings. The van der Waals surface area contributed by atoms with E-state index in [1.54, 1.807) is 0 Å². The Balaban J connectivity index is 1.84. The first-order valence-electron chi connectivity index (χ1n) is 7.90. The molecule has 0 aliphatic carbocycles. The fourth-order valence-electron chi connectivity index (χ4n) is 2.77. The first-order chi connectivity index (χ1) is 11.6. The summed E-state index contributed by atoms with van der Waals surface area (Å²) in [5.74, 6) is 0.360. The maximum absolute atomic E-state index is 12.8. The van der Waals surface area contributed by atoms with Crippen molar-refractivity contribution in [1.82, 2.24) is 4.90 Å². The Morgan fingerprint density at radius 1 is 1.04 bits per heavy atom. The monoisotopic (exact) mass is 326 g/mol. The van der Waals surface area contributed by atoms with Crippen LogP contribution in [0.5, 0.6) is 5.75 Å². The van der Waals surface area contributed by atoms with Crippen LogP contribution in [0.25, 0.3) is 0 Å². The van der Waals surface area contributed by atoms with Crippen molar-refractivity contribution in [2.45, 2.75) is 18.9 Å². The zero-order valence-electron chi connectivity index (χ0n) is 13.1. The first-order valence-corrected chi connectivity index (χ1v) is 7.90. The van der Waals surface area contributed by atoms with Gasteiger partial charge in [0.15, 0.2) is 0 Å². The topological polar surface area (TPSA) is 72.7 Å². The molecule has 0 N–H and O–H groups in total. The Bertz CT molecular complexity index is 710. The Labute approximate surface area is 139 Å². The molecule has 0 bridgehead atoms. The number of hydrogen-bond acceptors (Lipinski definition) is 4. The maximum Gasteiger partial charge on any atom is 0.269 e. The number of ether oxygens (including phenoxy) is 1. The Morgan fingerprint density at radius 3 is 2.25 bits per heavy atom. The second-order valence-corrected chi connectivity index (χ2v) is 5.69. The van der Waals surface area contributed by atoms with Crippen molar-refractivity contribution in [3.63, 3.8) is 0 Å². The minimum Gasteiger partial charge on any atom is -0.476 e. The van der Waals surface area contributed by atoms with Crippen LogP contribution in [0.3, 0.4) is 0 Å². The molecule has 1 amide bonds. The van der Waals surface area contributed by atoms with Crippen molar-refractivity contribution in [3.8, 4) is 5.75 Å². The van der Waals surface area contributed by atoms with Gasteiger partial charge >= 0.3 is 0 Å². The summed E-state index contributed by atoms with van der Waals surface area (Å²) in [6.07, 6.45) is 1.26. The molecule has 1 saturated heterocycles. The van der Waals surface area contributed by atoms with E-state index in [0.29, 0.717) is 5.75 Å². The van der Waals surface area contributed by atoms with E-state index in [2.05, 4.69) is 0 Å². The minimum atomic E-state index is -0.745. The number of carbonyl (C=O) groups excluding carboxylic acids is 1. The maximum atomic E-state index is 12.8. The zero-order valence-corrected chi connectivity index (χ0v) is 13.1. The van der Waals surface area contributed by atoms with Gasteiger partial charge in [-0.2, -0.15) is 0 Å². The zero-order chi connectivity index (χ0) is 16.9. The quantitative estimate of drug-likeness (QED) is 0.624. The number of likely N-dealkylation sites (tertiary alicyclic amines) is 1. The molecule has 1 heterocycles. The average molecular weight is 326 g/mol. The highest BCUT2D eigenvalue weighted by atomic mass is 16.6. The van der Waals surface area contributed by atoms with Gasteiger partial charge in [0.1, 0.15) is 5.75 Å². The number of carbonyl (C=O) groups is 1. The minimum absolute atomic E-state index is 0.00974. The molecule has 1 fully saturated rings. The lowest BCUT2D eigenvalue weighted by Gasteiger charge is -2.24. The average Bonchev–Trinajstić information content (AvgIpc) is 3.15. The van der Waals surface area contributed by atoms with Gasteiger partial charge in [0.05, 0.1) is 4.92 Å². The standard InChI is InChI=1S/C18H18N2O4/c21-18(19-12-4-5-13-19)17(14-6-2-1-3-7-14)24-16-10-8-15(9-11-16)20(22)23/h1-3,6-11,17H,4-5,12-13H2. The number of hydrogen-bond donors (Lipinski definition) is 0. The Hall–Kier alpha value is -2.89. The van der Waals surface area contributed by atoms with Gasteiger partial charge < -0.3 is 9.64 Å². The molecule has 0 saturated carbocycles. The smallest absolute Gasteiger partial charge is 0.269 e. The molecular weight excluding hydrogens is 308 g/mol. The third-order valence-corrected chi connectivity index (χ3v) is 4.05. The molecule has 1 aliphatic heterocycles. The number of benzene rings is 2. The fraction of sp³-hybridized carbons (Fsp3) is 0.278. The summed E-state index contributed by atoms with van der Waals surface area (Å²) in [4.78, 5) is 24.9. The van der Waals surface area contributed by atoms with E-state index in [1.807, 2.05) is 35.2 Å². The van der Waals surface area contributed by atoms with Gasteiger partial charge in [0.25, 0.3) is 11.6 Å². The van der Waals surface area contributed by atoms with Crippen molar-refractivity contribution >= 4 is 11.6 Å². The molecule has 6 heteroatoms. The molecule has 1 unspecified atom stereocenters. The van der Waals surface area contributed by atoms with Crippen LogP contribution in [0.4, 0.5) is 5.69 Å². The molecular formula is C18H18N2O4. The van der Waals surface area contributed by atoms with Crippen molar-refractivity contribution < 1.29 is 14.5 Å². The predicted molar refractivity (Wildman–Crippen MR) is 88.7 cm³/mol. The summed E-state index contributed by atoms with van der Waals surface area (Å²) < 4.78 is 5.90. The normalized spacial score (nSPS) is 15.1. The van der Waals surface area contributed by atoms with Gasteiger partial charge in [-0.1, -0.05) is 30.3 Å². The van der Waals surface area contributed by atoms with Crippen LogP contribution < -0.4 is 4.74 Å². The molecule has 6 nitrogen and oxygen atoms in total. The van der Waals surface area contributed by atoms with Gasteiger partial charge in [0.2, 0.25) is 6.10 Å².